The normalized spacial score (nSPS) is 16.5. The smallest absolute Gasteiger partial charge is 0.305 e. The molecule has 0 unspecified atom stereocenters. The van der Waals surface area contributed by atoms with E-state index in [4.69, 9.17) is 16.7 Å². The summed E-state index contributed by atoms with van der Waals surface area (Å²) in [6, 6.07) is 1.20. The van der Waals surface area contributed by atoms with Crippen LogP contribution in [0, 0.1) is 10.1 Å². The second-order valence-electron chi connectivity index (χ2n) is 4.61. The van der Waals surface area contributed by atoms with Gasteiger partial charge in [-0.25, -0.2) is 4.98 Å². The van der Waals surface area contributed by atoms with Gasteiger partial charge in [-0.1, -0.05) is 11.6 Å². The van der Waals surface area contributed by atoms with Crippen LogP contribution in [0.4, 0.5) is 11.5 Å². The summed E-state index contributed by atoms with van der Waals surface area (Å²) in [7, 11) is 0. The first-order chi connectivity index (χ1) is 8.92. The van der Waals surface area contributed by atoms with Gasteiger partial charge in [0, 0.05) is 11.6 Å². The number of nitro groups is 1. The molecule has 19 heavy (non-hydrogen) atoms. The molecule has 0 saturated heterocycles. The Morgan fingerprint density at radius 1 is 1.63 bits per heavy atom. The summed E-state index contributed by atoms with van der Waals surface area (Å²) < 4.78 is 0. The molecule has 0 aliphatic heterocycles. The molecule has 1 saturated carbocycles. The lowest BCUT2D eigenvalue weighted by Crippen LogP contribution is -2.47. The lowest BCUT2D eigenvalue weighted by Gasteiger charge is -2.42. The monoisotopic (exact) mass is 285 g/mol. The zero-order chi connectivity index (χ0) is 14.0. The second-order valence-corrected chi connectivity index (χ2v) is 5.02. The van der Waals surface area contributed by atoms with Crippen LogP contribution >= 0.6 is 11.6 Å². The Hall–Kier alpha value is -1.89. The molecule has 2 rings (SSSR count). The van der Waals surface area contributed by atoms with Gasteiger partial charge in [0.1, 0.15) is 12.0 Å². The predicted molar refractivity (Wildman–Crippen MR) is 68.4 cm³/mol. The van der Waals surface area contributed by atoms with E-state index in [1.165, 1.54) is 6.07 Å². The van der Waals surface area contributed by atoms with Crippen LogP contribution in [0.15, 0.2) is 12.3 Å². The molecule has 0 amide bonds. The van der Waals surface area contributed by atoms with Crippen LogP contribution in [0.3, 0.4) is 0 Å². The van der Waals surface area contributed by atoms with Crippen LogP contribution in [0.2, 0.25) is 5.02 Å². The lowest BCUT2D eigenvalue weighted by molar-refractivity contribution is -0.385. The highest BCUT2D eigenvalue weighted by atomic mass is 35.5. The first-order valence-corrected chi connectivity index (χ1v) is 6.10. The number of carboxylic acids is 1. The van der Waals surface area contributed by atoms with Crippen molar-refractivity contribution in [2.45, 2.75) is 31.2 Å². The molecule has 0 aromatic carbocycles. The molecule has 1 aliphatic carbocycles. The standard InChI is InChI=1S/C11H12ClN3O4/c12-8-4-7(15(18)19)6-13-10(8)14-11(2-1-3-11)5-9(16)17/h4,6H,1-3,5H2,(H,13,14)(H,16,17). The fourth-order valence-corrected chi connectivity index (χ4v) is 2.32. The Morgan fingerprint density at radius 3 is 2.74 bits per heavy atom. The van der Waals surface area contributed by atoms with Gasteiger partial charge in [-0.2, -0.15) is 0 Å². The minimum absolute atomic E-state index is 0.0258. The van der Waals surface area contributed by atoms with Gasteiger partial charge in [0.25, 0.3) is 5.69 Å². The molecule has 0 bridgehead atoms. The lowest BCUT2D eigenvalue weighted by atomic mass is 9.74. The Balaban J connectivity index is 2.18. The van der Waals surface area contributed by atoms with Crippen LogP contribution < -0.4 is 5.32 Å². The number of aromatic nitrogens is 1. The summed E-state index contributed by atoms with van der Waals surface area (Å²) in [5, 5.41) is 22.6. The van der Waals surface area contributed by atoms with Gasteiger partial charge in [-0.05, 0) is 19.3 Å². The largest absolute Gasteiger partial charge is 0.481 e. The second kappa shape index (κ2) is 5.00. The van der Waals surface area contributed by atoms with Crippen molar-refractivity contribution in [2.75, 3.05) is 5.32 Å². The van der Waals surface area contributed by atoms with E-state index < -0.39 is 16.4 Å². The number of carbonyl (C=O) groups is 1. The van der Waals surface area contributed by atoms with E-state index in [9.17, 15) is 14.9 Å². The van der Waals surface area contributed by atoms with Crippen LogP contribution in [0.1, 0.15) is 25.7 Å². The number of aliphatic carboxylic acids is 1. The SMILES string of the molecule is O=C(O)CC1(Nc2ncc([N+](=O)[O-])cc2Cl)CCC1. The predicted octanol–water partition coefficient (Wildman–Crippen LogP) is 2.45. The van der Waals surface area contributed by atoms with Crippen LogP contribution in [0.25, 0.3) is 0 Å². The molecule has 8 heteroatoms. The number of anilines is 1. The van der Waals surface area contributed by atoms with Crippen molar-refractivity contribution in [2.24, 2.45) is 0 Å². The van der Waals surface area contributed by atoms with E-state index in [1.54, 1.807) is 0 Å². The number of carboxylic acid groups (broad SMARTS) is 1. The average molecular weight is 286 g/mol. The fraction of sp³-hybridized carbons (Fsp3) is 0.455. The van der Waals surface area contributed by atoms with Gasteiger partial charge in [-0.3, -0.25) is 14.9 Å². The van der Waals surface area contributed by atoms with E-state index in [1.807, 2.05) is 0 Å². The van der Waals surface area contributed by atoms with E-state index in [0.717, 1.165) is 12.6 Å². The number of halogens is 1. The third kappa shape index (κ3) is 2.93. The van der Waals surface area contributed by atoms with E-state index in [0.29, 0.717) is 12.8 Å². The zero-order valence-electron chi connectivity index (χ0n) is 9.93. The summed E-state index contributed by atoms with van der Waals surface area (Å²) in [5.74, 6) is -0.613. The molecule has 0 radical (unpaired) electrons. The molecule has 1 heterocycles. The van der Waals surface area contributed by atoms with Crippen molar-refractivity contribution < 1.29 is 14.8 Å². The molecule has 0 atom stereocenters. The molecular weight excluding hydrogens is 274 g/mol. The Bertz CT molecular complexity index is 531. The highest BCUT2D eigenvalue weighted by molar-refractivity contribution is 6.33. The van der Waals surface area contributed by atoms with E-state index in [2.05, 4.69) is 10.3 Å². The van der Waals surface area contributed by atoms with Gasteiger partial charge in [-0.15, -0.1) is 0 Å². The highest BCUT2D eigenvalue weighted by Crippen LogP contribution is 2.39. The molecule has 7 nitrogen and oxygen atoms in total. The van der Waals surface area contributed by atoms with Crippen molar-refractivity contribution >= 4 is 29.1 Å². The van der Waals surface area contributed by atoms with Gasteiger partial charge < -0.3 is 10.4 Å². The molecule has 1 aromatic rings. The first-order valence-electron chi connectivity index (χ1n) is 5.72. The minimum atomic E-state index is -0.898. The molecule has 102 valence electrons. The van der Waals surface area contributed by atoms with Crippen LogP contribution in [-0.4, -0.2) is 26.5 Å². The number of pyridine rings is 1. The van der Waals surface area contributed by atoms with E-state index in [-0.39, 0.29) is 22.9 Å². The Labute approximate surface area is 113 Å². The van der Waals surface area contributed by atoms with Crippen molar-refractivity contribution in [1.29, 1.82) is 0 Å². The van der Waals surface area contributed by atoms with Crippen molar-refractivity contribution in [1.82, 2.24) is 4.98 Å². The van der Waals surface area contributed by atoms with Gasteiger partial charge >= 0.3 is 5.97 Å². The fourth-order valence-electron chi connectivity index (χ4n) is 2.11. The van der Waals surface area contributed by atoms with Crippen molar-refractivity contribution in [3.8, 4) is 0 Å². The maximum atomic E-state index is 10.8. The van der Waals surface area contributed by atoms with Crippen LogP contribution in [0.5, 0.6) is 0 Å². The van der Waals surface area contributed by atoms with Crippen LogP contribution in [-0.2, 0) is 4.79 Å². The molecule has 1 aromatic heterocycles. The topological polar surface area (TPSA) is 105 Å². The van der Waals surface area contributed by atoms with Gasteiger partial charge in [0.05, 0.1) is 16.4 Å². The Kier molecular flexibility index (Phi) is 3.57. The maximum absolute atomic E-state index is 10.8. The molecule has 0 spiro atoms. The summed E-state index contributed by atoms with van der Waals surface area (Å²) >= 11 is 5.92. The van der Waals surface area contributed by atoms with Crippen molar-refractivity contribution in [3.63, 3.8) is 0 Å². The number of nitrogens with zero attached hydrogens (tertiary/aromatic N) is 2. The number of hydrogen-bond donors (Lipinski definition) is 2. The molecule has 1 fully saturated rings. The molecular formula is C11H12ClN3O4. The molecule has 2 N–H and O–H groups in total. The zero-order valence-corrected chi connectivity index (χ0v) is 10.7. The van der Waals surface area contributed by atoms with Crippen molar-refractivity contribution in [3.05, 3.63) is 27.4 Å². The highest BCUT2D eigenvalue weighted by Gasteiger charge is 2.39. The molecule has 1 aliphatic rings. The minimum Gasteiger partial charge on any atom is -0.481 e. The average Bonchev–Trinajstić information content (AvgIpc) is 2.27. The number of hydrogen-bond acceptors (Lipinski definition) is 5. The summed E-state index contributed by atoms with van der Waals surface area (Å²) in [5.41, 5.74) is -0.741. The first kappa shape index (κ1) is 13.5. The number of rotatable bonds is 5. The Morgan fingerprint density at radius 2 is 2.32 bits per heavy atom. The number of nitrogens with one attached hydrogen (secondary N) is 1. The maximum Gasteiger partial charge on any atom is 0.305 e. The van der Waals surface area contributed by atoms with Gasteiger partial charge in [0.2, 0.25) is 0 Å². The summed E-state index contributed by atoms with van der Waals surface area (Å²) in [6.07, 6.45) is 3.44. The summed E-state index contributed by atoms with van der Waals surface area (Å²) in [4.78, 5) is 24.7. The summed E-state index contributed by atoms with van der Waals surface area (Å²) in [6.45, 7) is 0. The third-order valence-electron chi connectivity index (χ3n) is 3.22. The third-order valence-corrected chi connectivity index (χ3v) is 3.51. The van der Waals surface area contributed by atoms with E-state index >= 15 is 0 Å². The quantitative estimate of drug-likeness (QED) is 0.636. The van der Waals surface area contributed by atoms with Gasteiger partial charge in [0.15, 0.2) is 0 Å².